The highest BCUT2D eigenvalue weighted by molar-refractivity contribution is 6.24. The van der Waals surface area contributed by atoms with E-state index in [4.69, 9.17) is 9.47 Å². The van der Waals surface area contributed by atoms with Crippen molar-refractivity contribution in [3.05, 3.63) is 76.6 Å². The van der Waals surface area contributed by atoms with E-state index in [2.05, 4.69) is 0 Å². The highest BCUT2D eigenvalue weighted by Crippen LogP contribution is 2.35. The van der Waals surface area contributed by atoms with Gasteiger partial charge in [0.05, 0.1) is 19.9 Å². The number of carbonyl (C=O) groups excluding carboxylic acids is 2. The van der Waals surface area contributed by atoms with E-state index >= 15 is 0 Å². The van der Waals surface area contributed by atoms with Crippen LogP contribution < -0.4 is 9.47 Å². The standard InChI is InChI=1S/C21H17NO4/c1-25-19-9-13-7-8-22(12-14(13)10-20(19)26-2)17-11-18(23)15-5-3-4-6-16(15)21(17)24/h3-11H,12H2,1-2H3. The SMILES string of the molecule is COc1cc2c(cc1OC)CN(C1=CC(=O)c3ccccc3C1=O)C=C2. The van der Waals surface area contributed by atoms with Gasteiger partial charge in [-0.2, -0.15) is 0 Å². The molecule has 1 aliphatic carbocycles. The zero-order valence-electron chi connectivity index (χ0n) is 14.5. The molecule has 0 fully saturated rings. The van der Waals surface area contributed by atoms with E-state index in [1.54, 1.807) is 43.4 Å². The lowest BCUT2D eigenvalue weighted by Gasteiger charge is -2.29. The second-order valence-corrected chi connectivity index (χ2v) is 6.12. The van der Waals surface area contributed by atoms with Gasteiger partial charge >= 0.3 is 0 Å². The zero-order chi connectivity index (χ0) is 18.3. The van der Waals surface area contributed by atoms with Crippen molar-refractivity contribution in [2.45, 2.75) is 6.54 Å². The smallest absolute Gasteiger partial charge is 0.210 e. The molecule has 2 aromatic carbocycles. The Morgan fingerprint density at radius 3 is 2.38 bits per heavy atom. The Balaban J connectivity index is 1.71. The number of allylic oxidation sites excluding steroid dienone is 2. The summed E-state index contributed by atoms with van der Waals surface area (Å²) in [5.74, 6) is 0.990. The molecule has 130 valence electrons. The van der Waals surface area contributed by atoms with Crippen LogP contribution in [-0.4, -0.2) is 30.7 Å². The van der Waals surface area contributed by atoms with Crippen molar-refractivity contribution in [1.29, 1.82) is 0 Å². The number of nitrogens with zero attached hydrogens (tertiary/aromatic N) is 1. The van der Waals surface area contributed by atoms with Crippen LogP contribution in [0.2, 0.25) is 0 Å². The Kier molecular flexibility index (Phi) is 3.84. The van der Waals surface area contributed by atoms with Crippen LogP contribution in [0, 0.1) is 0 Å². The highest BCUT2D eigenvalue weighted by atomic mass is 16.5. The summed E-state index contributed by atoms with van der Waals surface area (Å²) >= 11 is 0. The first-order valence-corrected chi connectivity index (χ1v) is 8.22. The number of methoxy groups -OCH3 is 2. The monoisotopic (exact) mass is 347 g/mol. The Bertz CT molecular complexity index is 988. The van der Waals surface area contributed by atoms with Crippen molar-refractivity contribution >= 4 is 17.6 Å². The van der Waals surface area contributed by atoms with Crippen LogP contribution in [0.1, 0.15) is 31.8 Å². The van der Waals surface area contributed by atoms with E-state index in [1.807, 2.05) is 24.4 Å². The van der Waals surface area contributed by atoms with Crippen LogP contribution in [0.4, 0.5) is 0 Å². The summed E-state index contributed by atoms with van der Waals surface area (Å²) in [6.45, 7) is 0.471. The maximum absolute atomic E-state index is 12.9. The first-order chi connectivity index (χ1) is 12.6. The second-order valence-electron chi connectivity index (χ2n) is 6.12. The fourth-order valence-electron chi connectivity index (χ4n) is 3.32. The topological polar surface area (TPSA) is 55.8 Å². The number of carbonyl (C=O) groups is 2. The fraction of sp³-hybridized carbons (Fsp3) is 0.143. The van der Waals surface area contributed by atoms with E-state index in [9.17, 15) is 9.59 Å². The fourth-order valence-corrected chi connectivity index (χ4v) is 3.32. The molecule has 0 bridgehead atoms. The third-order valence-electron chi connectivity index (χ3n) is 4.67. The predicted octanol–water partition coefficient (Wildman–Crippen LogP) is 3.45. The first-order valence-electron chi connectivity index (χ1n) is 8.22. The molecular formula is C21H17NO4. The van der Waals surface area contributed by atoms with Gasteiger partial charge in [0.25, 0.3) is 0 Å². The van der Waals surface area contributed by atoms with E-state index in [0.29, 0.717) is 34.9 Å². The van der Waals surface area contributed by atoms with Crippen molar-refractivity contribution in [3.8, 4) is 11.5 Å². The molecule has 5 heteroatoms. The Morgan fingerprint density at radius 2 is 1.65 bits per heavy atom. The Morgan fingerprint density at radius 1 is 0.962 bits per heavy atom. The molecule has 0 atom stereocenters. The summed E-state index contributed by atoms with van der Waals surface area (Å²) in [5, 5.41) is 0. The first kappa shape index (κ1) is 16.1. The minimum Gasteiger partial charge on any atom is -0.493 e. The lowest BCUT2D eigenvalue weighted by atomic mass is 9.91. The maximum Gasteiger partial charge on any atom is 0.210 e. The van der Waals surface area contributed by atoms with Crippen LogP contribution in [-0.2, 0) is 6.54 Å². The average molecular weight is 347 g/mol. The molecule has 2 aliphatic rings. The lowest BCUT2D eigenvalue weighted by Crippen LogP contribution is -2.29. The second kappa shape index (κ2) is 6.19. The Labute approximate surface area is 151 Å². The largest absolute Gasteiger partial charge is 0.493 e. The molecule has 0 saturated carbocycles. The number of ether oxygens (including phenoxy) is 2. The summed E-state index contributed by atoms with van der Waals surface area (Å²) in [5.41, 5.74) is 3.26. The van der Waals surface area contributed by atoms with Crippen molar-refractivity contribution in [2.24, 2.45) is 0 Å². The third kappa shape index (κ3) is 2.49. The van der Waals surface area contributed by atoms with Gasteiger partial charge in [-0.15, -0.1) is 0 Å². The molecule has 2 aromatic rings. The number of Topliss-reactive ketones (excluding diaryl/α,β-unsaturated/α-hetero) is 1. The average Bonchev–Trinajstić information content (AvgIpc) is 2.69. The van der Waals surface area contributed by atoms with Crippen molar-refractivity contribution < 1.29 is 19.1 Å². The van der Waals surface area contributed by atoms with Gasteiger partial charge < -0.3 is 14.4 Å². The molecule has 0 unspecified atom stereocenters. The van der Waals surface area contributed by atoms with Crippen LogP contribution in [0.25, 0.3) is 6.08 Å². The van der Waals surface area contributed by atoms with E-state index in [1.165, 1.54) is 6.08 Å². The summed E-state index contributed by atoms with van der Waals surface area (Å²) in [6.07, 6.45) is 5.14. The van der Waals surface area contributed by atoms with Crippen molar-refractivity contribution in [3.63, 3.8) is 0 Å². The minimum absolute atomic E-state index is 0.145. The van der Waals surface area contributed by atoms with Crippen LogP contribution >= 0.6 is 0 Å². The molecule has 0 spiro atoms. The molecule has 4 rings (SSSR count). The predicted molar refractivity (Wildman–Crippen MR) is 97.3 cm³/mol. The number of rotatable bonds is 3. The number of fused-ring (bicyclic) bond motifs is 2. The van der Waals surface area contributed by atoms with Crippen LogP contribution in [0.3, 0.4) is 0 Å². The number of benzene rings is 2. The number of hydrogen-bond acceptors (Lipinski definition) is 5. The van der Waals surface area contributed by atoms with Crippen molar-refractivity contribution in [1.82, 2.24) is 4.90 Å². The molecular weight excluding hydrogens is 330 g/mol. The molecule has 26 heavy (non-hydrogen) atoms. The van der Waals surface area contributed by atoms with Gasteiger partial charge in [0.1, 0.15) is 0 Å². The van der Waals surface area contributed by atoms with Crippen LogP contribution in [0.5, 0.6) is 11.5 Å². The van der Waals surface area contributed by atoms with Gasteiger partial charge in [-0.1, -0.05) is 24.3 Å². The zero-order valence-corrected chi connectivity index (χ0v) is 14.5. The summed E-state index contributed by atoms with van der Waals surface area (Å²) < 4.78 is 10.7. The molecule has 1 aliphatic heterocycles. The minimum atomic E-state index is -0.151. The summed E-state index contributed by atoms with van der Waals surface area (Å²) in [6, 6.07) is 10.7. The molecule has 5 nitrogen and oxygen atoms in total. The molecule has 0 radical (unpaired) electrons. The molecule has 0 N–H and O–H groups in total. The Hall–Kier alpha value is -3.34. The summed E-state index contributed by atoms with van der Waals surface area (Å²) in [7, 11) is 3.18. The van der Waals surface area contributed by atoms with Crippen LogP contribution in [0.15, 0.2) is 54.4 Å². The van der Waals surface area contributed by atoms with Gasteiger partial charge in [0.2, 0.25) is 5.78 Å². The molecule has 0 saturated heterocycles. The summed E-state index contributed by atoms with van der Waals surface area (Å²) in [4.78, 5) is 27.1. The lowest BCUT2D eigenvalue weighted by molar-refractivity contribution is 0.0960. The molecule has 0 amide bonds. The third-order valence-corrected chi connectivity index (χ3v) is 4.67. The van der Waals surface area contributed by atoms with E-state index < -0.39 is 0 Å². The number of ketones is 2. The normalized spacial score (nSPS) is 15.3. The van der Waals surface area contributed by atoms with Gasteiger partial charge in [0.15, 0.2) is 17.3 Å². The highest BCUT2D eigenvalue weighted by Gasteiger charge is 2.29. The van der Waals surface area contributed by atoms with Gasteiger partial charge in [0, 0.05) is 29.9 Å². The van der Waals surface area contributed by atoms with Gasteiger partial charge in [-0.05, 0) is 29.3 Å². The molecule has 0 aromatic heterocycles. The maximum atomic E-state index is 12.9. The number of hydrogen-bond donors (Lipinski definition) is 0. The van der Waals surface area contributed by atoms with E-state index in [-0.39, 0.29) is 11.6 Å². The van der Waals surface area contributed by atoms with E-state index in [0.717, 1.165) is 11.1 Å². The van der Waals surface area contributed by atoms with Crippen molar-refractivity contribution in [2.75, 3.05) is 14.2 Å². The quantitative estimate of drug-likeness (QED) is 0.851. The molecule has 1 heterocycles. The van der Waals surface area contributed by atoms with Gasteiger partial charge in [-0.3, -0.25) is 9.59 Å². The van der Waals surface area contributed by atoms with Gasteiger partial charge in [-0.25, -0.2) is 0 Å².